The van der Waals surface area contributed by atoms with Crippen LogP contribution in [0.2, 0.25) is 0 Å². The van der Waals surface area contributed by atoms with Crippen molar-refractivity contribution >= 4 is 17.5 Å². The van der Waals surface area contributed by atoms with E-state index in [1.165, 1.54) is 0 Å². The van der Waals surface area contributed by atoms with Gasteiger partial charge >= 0.3 is 0 Å². The lowest BCUT2D eigenvalue weighted by molar-refractivity contribution is -0.124. The van der Waals surface area contributed by atoms with Crippen molar-refractivity contribution in [1.82, 2.24) is 5.32 Å². The minimum atomic E-state index is -0.230. The van der Waals surface area contributed by atoms with Crippen LogP contribution in [0.4, 0.5) is 0 Å². The van der Waals surface area contributed by atoms with Crippen molar-refractivity contribution in [2.75, 3.05) is 19.1 Å². The van der Waals surface area contributed by atoms with Crippen molar-refractivity contribution in [2.45, 2.75) is 38.6 Å². The smallest absolute Gasteiger partial charge is 0.220 e. The molecule has 1 aliphatic heterocycles. The molecule has 0 aromatic carbocycles. The molecule has 0 radical (unpaired) electrons. The first-order valence-corrected chi connectivity index (χ1v) is 6.06. The Morgan fingerprint density at radius 1 is 1.47 bits per heavy atom. The number of carbonyl (C=O) groups is 1. The van der Waals surface area contributed by atoms with Crippen LogP contribution >= 0.6 is 11.6 Å². The summed E-state index contributed by atoms with van der Waals surface area (Å²) in [5.74, 6) is 0.963. The quantitative estimate of drug-likeness (QED) is 0.754. The lowest BCUT2D eigenvalue weighted by Gasteiger charge is -2.36. The third-order valence-electron chi connectivity index (χ3n) is 2.70. The highest BCUT2D eigenvalue weighted by atomic mass is 35.5. The summed E-state index contributed by atoms with van der Waals surface area (Å²) < 4.78 is 5.28. The first-order valence-electron chi connectivity index (χ1n) is 5.53. The SMILES string of the molecule is CC(C)CC(=O)NC1(CCl)CCOCC1. The Morgan fingerprint density at radius 3 is 2.53 bits per heavy atom. The first-order chi connectivity index (χ1) is 7.08. The molecule has 0 aromatic heterocycles. The van der Waals surface area contributed by atoms with Crippen LogP contribution in [0.3, 0.4) is 0 Å². The Kier molecular flexibility index (Phi) is 4.87. The van der Waals surface area contributed by atoms with E-state index in [9.17, 15) is 4.79 Å². The van der Waals surface area contributed by atoms with Gasteiger partial charge in [-0.2, -0.15) is 0 Å². The number of rotatable bonds is 4. The van der Waals surface area contributed by atoms with Gasteiger partial charge in [0.25, 0.3) is 0 Å². The van der Waals surface area contributed by atoms with Gasteiger partial charge in [0.1, 0.15) is 0 Å². The third kappa shape index (κ3) is 3.99. The van der Waals surface area contributed by atoms with Crippen molar-refractivity contribution in [3.05, 3.63) is 0 Å². The molecule has 1 fully saturated rings. The van der Waals surface area contributed by atoms with E-state index in [1.54, 1.807) is 0 Å². The van der Waals surface area contributed by atoms with Gasteiger partial charge < -0.3 is 10.1 Å². The number of amides is 1. The van der Waals surface area contributed by atoms with Gasteiger partial charge in [-0.25, -0.2) is 0 Å². The molecule has 0 bridgehead atoms. The zero-order valence-electron chi connectivity index (χ0n) is 9.51. The minimum Gasteiger partial charge on any atom is -0.381 e. The summed E-state index contributed by atoms with van der Waals surface area (Å²) in [6.45, 7) is 5.46. The van der Waals surface area contributed by atoms with Gasteiger partial charge in [-0.1, -0.05) is 13.8 Å². The van der Waals surface area contributed by atoms with E-state index < -0.39 is 0 Å². The van der Waals surface area contributed by atoms with Crippen LogP contribution in [-0.4, -0.2) is 30.5 Å². The van der Waals surface area contributed by atoms with Crippen molar-refractivity contribution in [1.29, 1.82) is 0 Å². The van der Waals surface area contributed by atoms with Crippen LogP contribution in [0.5, 0.6) is 0 Å². The predicted molar refractivity (Wildman–Crippen MR) is 61.1 cm³/mol. The molecule has 3 nitrogen and oxygen atoms in total. The average Bonchev–Trinajstić information content (AvgIpc) is 2.17. The molecule has 4 heteroatoms. The second kappa shape index (κ2) is 5.71. The van der Waals surface area contributed by atoms with E-state index in [1.807, 2.05) is 13.8 Å². The van der Waals surface area contributed by atoms with Gasteiger partial charge in [0.2, 0.25) is 5.91 Å². The lowest BCUT2D eigenvalue weighted by Crippen LogP contribution is -2.53. The van der Waals surface area contributed by atoms with Gasteiger partial charge in [0.05, 0.1) is 5.54 Å². The Hall–Kier alpha value is -0.280. The Morgan fingerprint density at radius 2 is 2.07 bits per heavy atom. The molecular weight excluding hydrogens is 214 g/mol. The molecule has 15 heavy (non-hydrogen) atoms. The number of ether oxygens (including phenoxy) is 1. The van der Waals surface area contributed by atoms with Crippen LogP contribution in [-0.2, 0) is 9.53 Å². The molecule has 1 rings (SSSR count). The molecule has 0 spiro atoms. The molecule has 1 N–H and O–H groups in total. The van der Waals surface area contributed by atoms with Crippen LogP contribution in [0.1, 0.15) is 33.1 Å². The molecule has 1 saturated heterocycles. The van der Waals surface area contributed by atoms with Crippen molar-refractivity contribution in [3.8, 4) is 0 Å². The summed E-state index contributed by atoms with van der Waals surface area (Å²) >= 11 is 5.95. The van der Waals surface area contributed by atoms with E-state index in [2.05, 4.69) is 5.32 Å². The molecule has 0 atom stereocenters. The number of halogens is 1. The lowest BCUT2D eigenvalue weighted by atomic mass is 9.91. The maximum Gasteiger partial charge on any atom is 0.220 e. The molecule has 0 aromatic rings. The summed E-state index contributed by atoms with van der Waals surface area (Å²) in [5.41, 5.74) is -0.230. The molecule has 0 unspecified atom stereocenters. The summed E-state index contributed by atoms with van der Waals surface area (Å²) in [4.78, 5) is 11.7. The standard InChI is InChI=1S/C11H20ClNO2/c1-9(2)7-10(14)13-11(8-12)3-5-15-6-4-11/h9H,3-8H2,1-2H3,(H,13,14). The number of hydrogen-bond donors (Lipinski definition) is 1. The zero-order valence-corrected chi connectivity index (χ0v) is 10.3. The molecule has 0 aliphatic carbocycles. The van der Waals surface area contributed by atoms with Gasteiger partial charge in [-0.15, -0.1) is 11.6 Å². The van der Waals surface area contributed by atoms with Crippen LogP contribution < -0.4 is 5.32 Å². The van der Waals surface area contributed by atoms with E-state index >= 15 is 0 Å². The minimum absolute atomic E-state index is 0.104. The van der Waals surface area contributed by atoms with E-state index in [4.69, 9.17) is 16.3 Å². The van der Waals surface area contributed by atoms with Gasteiger partial charge in [0.15, 0.2) is 0 Å². The number of nitrogens with one attached hydrogen (secondary N) is 1. The maximum absolute atomic E-state index is 11.7. The zero-order chi connectivity index (χ0) is 11.3. The molecule has 88 valence electrons. The average molecular weight is 234 g/mol. The van der Waals surface area contributed by atoms with Crippen LogP contribution in [0, 0.1) is 5.92 Å². The highest BCUT2D eigenvalue weighted by molar-refractivity contribution is 6.18. The maximum atomic E-state index is 11.7. The molecule has 1 amide bonds. The monoisotopic (exact) mass is 233 g/mol. The van der Waals surface area contributed by atoms with E-state index in [0.29, 0.717) is 31.4 Å². The predicted octanol–water partition coefficient (Wildman–Crippen LogP) is 1.94. The Bertz CT molecular complexity index is 213. The molecular formula is C11H20ClNO2. The fraction of sp³-hybridized carbons (Fsp3) is 0.909. The fourth-order valence-electron chi connectivity index (χ4n) is 1.77. The second-order valence-electron chi connectivity index (χ2n) is 4.67. The summed E-state index contributed by atoms with van der Waals surface area (Å²) in [5, 5.41) is 3.06. The van der Waals surface area contributed by atoms with E-state index in [0.717, 1.165) is 12.8 Å². The number of carbonyl (C=O) groups excluding carboxylic acids is 1. The first kappa shape index (κ1) is 12.8. The highest BCUT2D eigenvalue weighted by Crippen LogP contribution is 2.22. The van der Waals surface area contributed by atoms with Crippen LogP contribution in [0.15, 0.2) is 0 Å². The van der Waals surface area contributed by atoms with Gasteiger partial charge in [-0.3, -0.25) is 4.79 Å². The summed E-state index contributed by atoms with van der Waals surface area (Å²) in [7, 11) is 0. The Balaban J connectivity index is 2.47. The molecule has 1 aliphatic rings. The molecule has 1 heterocycles. The van der Waals surface area contributed by atoms with Crippen molar-refractivity contribution in [2.24, 2.45) is 5.92 Å². The van der Waals surface area contributed by atoms with E-state index in [-0.39, 0.29) is 11.4 Å². The van der Waals surface area contributed by atoms with Crippen molar-refractivity contribution < 1.29 is 9.53 Å². The van der Waals surface area contributed by atoms with Gasteiger partial charge in [0, 0.05) is 25.5 Å². The molecule has 0 saturated carbocycles. The second-order valence-corrected chi connectivity index (χ2v) is 4.94. The topological polar surface area (TPSA) is 38.3 Å². The normalized spacial score (nSPS) is 20.3. The highest BCUT2D eigenvalue weighted by Gasteiger charge is 2.33. The largest absolute Gasteiger partial charge is 0.381 e. The number of alkyl halides is 1. The van der Waals surface area contributed by atoms with Crippen molar-refractivity contribution in [3.63, 3.8) is 0 Å². The Labute approximate surface area is 96.5 Å². The third-order valence-corrected chi connectivity index (χ3v) is 3.22. The number of hydrogen-bond acceptors (Lipinski definition) is 2. The summed E-state index contributed by atoms with van der Waals surface area (Å²) in [6.07, 6.45) is 2.21. The summed E-state index contributed by atoms with van der Waals surface area (Å²) in [6, 6.07) is 0. The fourth-order valence-corrected chi connectivity index (χ4v) is 2.11. The van der Waals surface area contributed by atoms with Crippen LogP contribution in [0.25, 0.3) is 0 Å². The van der Waals surface area contributed by atoms with Gasteiger partial charge in [-0.05, 0) is 18.8 Å².